The second-order valence-corrected chi connectivity index (χ2v) is 7.64. The van der Waals surface area contributed by atoms with Gasteiger partial charge in [0, 0.05) is 22.4 Å². The Bertz CT molecular complexity index is 1340. The van der Waals surface area contributed by atoms with E-state index < -0.39 is 0 Å². The Morgan fingerprint density at radius 2 is 1.37 bits per heavy atom. The van der Waals surface area contributed by atoms with E-state index in [9.17, 15) is 0 Å². The molecule has 3 aromatic carbocycles. The molecule has 0 fully saturated rings. The molecule has 0 atom stereocenters. The molecule has 0 amide bonds. The van der Waals surface area contributed by atoms with Gasteiger partial charge in [-0.2, -0.15) is 0 Å². The van der Waals surface area contributed by atoms with Gasteiger partial charge in [-0.15, -0.1) is 9.20 Å². The maximum Gasteiger partial charge on any atom is 0.239 e. The van der Waals surface area contributed by atoms with Crippen LogP contribution in [0.5, 0.6) is 0 Å². The zero-order valence-electron chi connectivity index (χ0n) is 16.2. The topological polar surface area (TPSA) is 8.29 Å². The van der Waals surface area contributed by atoms with E-state index in [0.717, 1.165) is 0 Å². The summed E-state index contributed by atoms with van der Waals surface area (Å²) in [5.41, 5.74) is 8.93. The molecule has 0 saturated carbocycles. The van der Waals surface area contributed by atoms with E-state index in [-0.39, 0.29) is 0 Å². The second kappa shape index (κ2) is 5.68. The van der Waals surface area contributed by atoms with Crippen LogP contribution in [0, 0.1) is 20.8 Å². The molecule has 5 rings (SSSR count). The first-order valence-electron chi connectivity index (χ1n) is 9.45. The van der Waals surface area contributed by atoms with Gasteiger partial charge >= 0.3 is 0 Å². The van der Waals surface area contributed by atoms with E-state index in [0.29, 0.717) is 0 Å². The van der Waals surface area contributed by atoms with Crippen molar-refractivity contribution in [1.82, 2.24) is 4.52 Å². The lowest BCUT2D eigenvalue weighted by Crippen LogP contribution is -2.37. The van der Waals surface area contributed by atoms with Crippen molar-refractivity contribution >= 4 is 27.2 Å². The van der Waals surface area contributed by atoms with Crippen LogP contribution in [0.25, 0.3) is 38.4 Å². The number of pyridine rings is 1. The van der Waals surface area contributed by atoms with Crippen molar-refractivity contribution in [1.29, 1.82) is 0 Å². The summed E-state index contributed by atoms with van der Waals surface area (Å²) in [7, 11) is 2.17. The Morgan fingerprint density at radius 3 is 2.11 bits per heavy atom. The minimum Gasteiger partial charge on any atom is -0.119 e. The van der Waals surface area contributed by atoms with Crippen molar-refractivity contribution in [2.24, 2.45) is 7.05 Å². The summed E-state index contributed by atoms with van der Waals surface area (Å²) in [4.78, 5) is 0. The molecule has 0 saturated heterocycles. The number of aromatic nitrogens is 2. The van der Waals surface area contributed by atoms with E-state index in [4.69, 9.17) is 0 Å². The standard InChI is InChI=1S/C25H23N2/c1-16-12-17(2)14-19(13-16)23-15-24-21-10-6-5-9-20(21)22-11-7-8-18(3)25(22)27(24)26(23)4/h5-15H,1-4H3/q+1. The van der Waals surface area contributed by atoms with E-state index in [1.807, 2.05) is 0 Å². The van der Waals surface area contributed by atoms with Crippen LogP contribution in [0.15, 0.2) is 66.7 Å². The summed E-state index contributed by atoms with van der Waals surface area (Å²) >= 11 is 0. The zero-order chi connectivity index (χ0) is 18.7. The fourth-order valence-corrected chi connectivity index (χ4v) is 4.51. The lowest BCUT2D eigenvalue weighted by Gasteiger charge is -2.08. The first kappa shape index (κ1) is 16.1. The number of aryl methyl sites for hydroxylation is 4. The molecule has 2 heterocycles. The lowest BCUT2D eigenvalue weighted by molar-refractivity contribution is -0.725. The predicted octanol–water partition coefficient (Wildman–Crippen LogP) is 5.66. The highest BCUT2D eigenvalue weighted by Gasteiger charge is 2.22. The number of nitrogens with zero attached hydrogens (tertiary/aromatic N) is 2. The fourth-order valence-electron chi connectivity index (χ4n) is 4.51. The van der Waals surface area contributed by atoms with Gasteiger partial charge in [0.15, 0.2) is 7.05 Å². The molecule has 2 heteroatoms. The highest BCUT2D eigenvalue weighted by molar-refractivity contribution is 6.13. The van der Waals surface area contributed by atoms with E-state index in [1.165, 1.54) is 55.1 Å². The first-order valence-corrected chi connectivity index (χ1v) is 9.45. The fraction of sp³-hybridized carbons (Fsp3) is 0.160. The van der Waals surface area contributed by atoms with Gasteiger partial charge in [-0.3, -0.25) is 0 Å². The van der Waals surface area contributed by atoms with Crippen molar-refractivity contribution in [2.45, 2.75) is 20.8 Å². The van der Waals surface area contributed by atoms with Gasteiger partial charge in [0.25, 0.3) is 0 Å². The van der Waals surface area contributed by atoms with Crippen molar-refractivity contribution in [2.75, 3.05) is 0 Å². The minimum absolute atomic E-state index is 1.24. The maximum atomic E-state index is 2.38. The van der Waals surface area contributed by atoms with Crippen molar-refractivity contribution in [3.05, 3.63) is 83.4 Å². The number of hydrogen-bond donors (Lipinski definition) is 0. The molecule has 5 aromatic rings. The first-order chi connectivity index (χ1) is 13.0. The average Bonchev–Trinajstić information content (AvgIpc) is 2.99. The van der Waals surface area contributed by atoms with Gasteiger partial charge in [0.2, 0.25) is 5.69 Å². The van der Waals surface area contributed by atoms with Crippen LogP contribution in [-0.4, -0.2) is 4.52 Å². The zero-order valence-corrected chi connectivity index (χ0v) is 16.2. The van der Waals surface area contributed by atoms with Crippen LogP contribution in [0.4, 0.5) is 0 Å². The Hall–Kier alpha value is -3.13. The number of hydrogen-bond acceptors (Lipinski definition) is 0. The molecule has 0 bridgehead atoms. The summed E-state index contributed by atoms with van der Waals surface area (Å²) in [5, 5.41) is 3.91. The second-order valence-electron chi connectivity index (χ2n) is 7.64. The molecule has 0 N–H and O–H groups in total. The van der Waals surface area contributed by atoms with Crippen LogP contribution in [0.1, 0.15) is 16.7 Å². The van der Waals surface area contributed by atoms with E-state index in [2.05, 4.69) is 104 Å². The van der Waals surface area contributed by atoms with Gasteiger partial charge in [-0.1, -0.05) is 59.7 Å². The highest BCUT2D eigenvalue weighted by Crippen LogP contribution is 2.32. The third kappa shape index (κ3) is 2.30. The Kier molecular flexibility index (Phi) is 3.38. The predicted molar refractivity (Wildman–Crippen MR) is 113 cm³/mol. The Labute approximate surface area is 159 Å². The number of para-hydroxylation sites is 1. The van der Waals surface area contributed by atoms with Gasteiger partial charge in [0.05, 0.1) is 0 Å². The largest absolute Gasteiger partial charge is 0.239 e. The van der Waals surface area contributed by atoms with Crippen LogP contribution in [0.2, 0.25) is 0 Å². The molecule has 132 valence electrons. The van der Waals surface area contributed by atoms with Crippen molar-refractivity contribution < 1.29 is 4.68 Å². The average molecular weight is 351 g/mol. The summed E-state index contributed by atoms with van der Waals surface area (Å²) < 4.78 is 4.67. The molecule has 0 aliphatic rings. The van der Waals surface area contributed by atoms with Crippen molar-refractivity contribution in [3.8, 4) is 11.3 Å². The normalized spacial score (nSPS) is 11.7. The molecule has 0 aliphatic carbocycles. The number of rotatable bonds is 1. The molecule has 0 unspecified atom stereocenters. The molecular formula is C25H23N2+. The molecule has 0 radical (unpaired) electrons. The minimum atomic E-state index is 1.24. The summed E-state index contributed by atoms with van der Waals surface area (Å²) in [5.74, 6) is 0. The van der Waals surface area contributed by atoms with E-state index in [1.54, 1.807) is 0 Å². The van der Waals surface area contributed by atoms with Crippen LogP contribution >= 0.6 is 0 Å². The van der Waals surface area contributed by atoms with Crippen LogP contribution < -0.4 is 4.68 Å². The third-order valence-electron chi connectivity index (χ3n) is 5.61. The molecule has 0 spiro atoms. The summed E-state index contributed by atoms with van der Waals surface area (Å²) in [6.45, 7) is 6.54. The smallest absolute Gasteiger partial charge is 0.119 e. The van der Waals surface area contributed by atoms with Crippen LogP contribution in [0.3, 0.4) is 0 Å². The molecular weight excluding hydrogens is 328 g/mol. The Morgan fingerprint density at radius 1 is 0.704 bits per heavy atom. The van der Waals surface area contributed by atoms with Gasteiger partial charge in [-0.25, -0.2) is 0 Å². The highest BCUT2D eigenvalue weighted by atomic mass is 15.3. The third-order valence-corrected chi connectivity index (χ3v) is 5.61. The quantitative estimate of drug-likeness (QED) is 0.272. The molecule has 2 nitrogen and oxygen atoms in total. The van der Waals surface area contributed by atoms with Gasteiger partial charge in [0.1, 0.15) is 11.0 Å². The molecule has 0 aliphatic heterocycles. The SMILES string of the molecule is Cc1cc(C)cc(-c2cc3c4ccccc4c4cccc(C)c4n3[n+]2C)c1. The summed E-state index contributed by atoms with van der Waals surface area (Å²) in [6.07, 6.45) is 0. The van der Waals surface area contributed by atoms with Crippen LogP contribution in [-0.2, 0) is 7.05 Å². The molecule has 27 heavy (non-hydrogen) atoms. The van der Waals surface area contributed by atoms with Crippen molar-refractivity contribution in [3.63, 3.8) is 0 Å². The van der Waals surface area contributed by atoms with Gasteiger partial charge in [-0.05, 0) is 43.9 Å². The molecule has 2 aromatic heterocycles. The van der Waals surface area contributed by atoms with E-state index >= 15 is 0 Å². The lowest BCUT2D eigenvalue weighted by atomic mass is 10.0. The number of fused-ring (bicyclic) bond motifs is 6. The summed E-state index contributed by atoms with van der Waals surface area (Å²) in [6, 6.07) is 24.5. The Balaban J connectivity index is 2.02. The monoisotopic (exact) mass is 351 g/mol. The number of benzene rings is 3. The van der Waals surface area contributed by atoms with Gasteiger partial charge < -0.3 is 0 Å². The maximum absolute atomic E-state index is 2.38.